The van der Waals surface area contributed by atoms with Crippen LogP contribution >= 0.6 is 11.3 Å². The largest absolute Gasteiger partial charge is 0.366 e. The van der Waals surface area contributed by atoms with Crippen LogP contribution in [-0.4, -0.2) is 9.38 Å². The van der Waals surface area contributed by atoms with Crippen LogP contribution in [0.2, 0.25) is 0 Å². The molecule has 0 saturated carbocycles. The van der Waals surface area contributed by atoms with Crippen LogP contribution < -0.4 is 5.32 Å². The number of rotatable bonds is 3. The number of anilines is 1. The molecule has 0 fully saturated rings. The molecule has 0 aliphatic heterocycles. The summed E-state index contributed by atoms with van der Waals surface area (Å²) in [7, 11) is 0. The Labute approximate surface area is 104 Å². The molecule has 3 heterocycles. The zero-order valence-corrected chi connectivity index (χ0v) is 10.4. The van der Waals surface area contributed by atoms with E-state index in [1.165, 1.54) is 9.75 Å². The lowest BCUT2D eigenvalue weighted by molar-refractivity contribution is 1.09. The number of nitrogens with one attached hydrogen (secondary N) is 1. The van der Waals surface area contributed by atoms with Gasteiger partial charge in [-0.15, -0.1) is 11.3 Å². The van der Waals surface area contributed by atoms with E-state index in [1.807, 2.05) is 35.9 Å². The Kier molecular flexibility index (Phi) is 2.57. The standard InChI is InChI=1S/C13H13N3S/c1-10-5-6-11(17-10)9-15-13-4-2-3-12-14-7-8-16(12)13/h2-8,15H,9H2,1H3. The molecule has 0 amide bonds. The van der Waals surface area contributed by atoms with Gasteiger partial charge in [-0.3, -0.25) is 4.40 Å². The SMILES string of the molecule is Cc1ccc(CNc2cccc3nccn23)s1. The van der Waals surface area contributed by atoms with Crippen LogP contribution in [0.15, 0.2) is 42.7 Å². The van der Waals surface area contributed by atoms with Gasteiger partial charge in [0.1, 0.15) is 11.5 Å². The molecule has 3 aromatic rings. The number of aryl methyl sites for hydroxylation is 1. The van der Waals surface area contributed by atoms with Gasteiger partial charge in [0.05, 0.1) is 6.54 Å². The molecule has 0 atom stereocenters. The highest BCUT2D eigenvalue weighted by Crippen LogP contribution is 2.17. The highest BCUT2D eigenvalue weighted by molar-refractivity contribution is 7.11. The number of thiophene rings is 1. The van der Waals surface area contributed by atoms with Crippen molar-refractivity contribution in [2.45, 2.75) is 13.5 Å². The van der Waals surface area contributed by atoms with E-state index in [2.05, 4.69) is 39.8 Å². The minimum absolute atomic E-state index is 0.857. The summed E-state index contributed by atoms with van der Waals surface area (Å²) >= 11 is 1.83. The van der Waals surface area contributed by atoms with E-state index in [9.17, 15) is 0 Å². The van der Waals surface area contributed by atoms with Crippen molar-refractivity contribution in [2.24, 2.45) is 0 Å². The number of imidazole rings is 1. The molecule has 0 radical (unpaired) electrons. The molecule has 4 heteroatoms. The second-order valence-electron chi connectivity index (χ2n) is 3.93. The third kappa shape index (κ3) is 2.03. The molecule has 0 aliphatic carbocycles. The van der Waals surface area contributed by atoms with Crippen molar-refractivity contribution < 1.29 is 0 Å². The van der Waals surface area contributed by atoms with E-state index >= 15 is 0 Å². The lowest BCUT2D eigenvalue weighted by Gasteiger charge is -2.07. The van der Waals surface area contributed by atoms with E-state index in [4.69, 9.17) is 0 Å². The van der Waals surface area contributed by atoms with Crippen LogP contribution in [0.1, 0.15) is 9.75 Å². The fourth-order valence-electron chi connectivity index (χ4n) is 1.85. The van der Waals surface area contributed by atoms with Gasteiger partial charge in [-0.2, -0.15) is 0 Å². The van der Waals surface area contributed by atoms with Gasteiger partial charge in [-0.05, 0) is 31.2 Å². The van der Waals surface area contributed by atoms with E-state index in [-0.39, 0.29) is 0 Å². The zero-order valence-electron chi connectivity index (χ0n) is 9.55. The van der Waals surface area contributed by atoms with Crippen molar-refractivity contribution in [1.29, 1.82) is 0 Å². The first-order valence-corrected chi connectivity index (χ1v) is 6.36. The second-order valence-corrected chi connectivity index (χ2v) is 5.30. The van der Waals surface area contributed by atoms with Crippen molar-refractivity contribution in [2.75, 3.05) is 5.32 Å². The highest BCUT2D eigenvalue weighted by atomic mass is 32.1. The molecular weight excluding hydrogens is 230 g/mol. The Balaban J connectivity index is 1.83. The molecule has 0 aliphatic rings. The Bertz CT molecular complexity index is 639. The summed E-state index contributed by atoms with van der Waals surface area (Å²) < 4.78 is 2.06. The zero-order chi connectivity index (χ0) is 11.7. The Hall–Kier alpha value is -1.81. The summed E-state index contributed by atoms with van der Waals surface area (Å²) in [5.41, 5.74) is 0.970. The van der Waals surface area contributed by atoms with Gasteiger partial charge < -0.3 is 5.32 Å². The maximum Gasteiger partial charge on any atom is 0.138 e. The average molecular weight is 243 g/mol. The minimum atomic E-state index is 0.857. The molecule has 17 heavy (non-hydrogen) atoms. The molecule has 0 unspecified atom stereocenters. The summed E-state index contributed by atoms with van der Waals surface area (Å²) in [5.74, 6) is 1.08. The number of fused-ring (bicyclic) bond motifs is 1. The van der Waals surface area contributed by atoms with E-state index < -0.39 is 0 Å². The average Bonchev–Trinajstić information content (AvgIpc) is 2.94. The fraction of sp³-hybridized carbons (Fsp3) is 0.154. The van der Waals surface area contributed by atoms with Gasteiger partial charge in [0, 0.05) is 22.1 Å². The van der Waals surface area contributed by atoms with Gasteiger partial charge in [-0.25, -0.2) is 4.98 Å². The summed E-state index contributed by atoms with van der Waals surface area (Å²) in [5, 5.41) is 3.44. The number of hydrogen-bond acceptors (Lipinski definition) is 3. The number of aromatic nitrogens is 2. The number of nitrogens with zero attached hydrogens (tertiary/aromatic N) is 2. The Morgan fingerprint density at radius 1 is 1.29 bits per heavy atom. The second kappa shape index (κ2) is 4.22. The lowest BCUT2D eigenvalue weighted by Crippen LogP contribution is -2.02. The van der Waals surface area contributed by atoms with Crippen molar-refractivity contribution >= 4 is 22.8 Å². The molecule has 0 bridgehead atoms. The van der Waals surface area contributed by atoms with Gasteiger partial charge in [0.15, 0.2) is 0 Å². The van der Waals surface area contributed by atoms with E-state index in [1.54, 1.807) is 0 Å². The van der Waals surface area contributed by atoms with Crippen molar-refractivity contribution in [1.82, 2.24) is 9.38 Å². The Morgan fingerprint density at radius 3 is 3.06 bits per heavy atom. The van der Waals surface area contributed by atoms with Crippen molar-refractivity contribution in [3.8, 4) is 0 Å². The maximum absolute atomic E-state index is 4.26. The molecule has 0 spiro atoms. The molecule has 3 rings (SSSR count). The van der Waals surface area contributed by atoms with Crippen LogP contribution in [0.4, 0.5) is 5.82 Å². The number of pyridine rings is 1. The molecule has 1 N–H and O–H groups in total. The summed E-state index contributed by atoms with van der Waals surface area (Å²) in [4.78, 5) is 6.96. The van der Waals surface area contributed by atoms with E-state index in [0.29, 0.717) is 0 Å². The van der Waals surface area contributed by atoms with Crippen molar-refractivity contribution in [3.63, 3.8) is 0 Å². The van der Waals surface area contributed by atoms with Gasteiger partial charge in [0.25, 0.3) is 0 Å². The molecule has 3 aromatic heterocycles. The third-order valence-corrected chi connectivity index (χ3v) is 3.67. The van der Waals surface area contributed by atoms with Gasteiger partial charge >= 0.3 is 0 Å². The summed E-state index contributed by atoms with van der Waals surface area (Å²) in [6.45, 7) is 2.99. The van der Waals surface area contributed by atoms with Crippen LogP contribution in [0.3, 0.4) is 0 Å². The third-order valence-electron chi connectivity index (χ3n) is 2.67. The molecule has 86 valence electrons. The van der Waals surface area contributed by atoms with E-state index in [0.717, 1.165) is 18.0 Å². The van der Waals surface area contributed by atoms with Gasteiger partial charge in [-0.1, -0.05) is 6.07 Å². The first-order chi connectivity index (χ1) is 8.33. The topological polar surface area (TPSA) is 29.3 Å². The normalized spacial score (nSPS) is 10.9. The molecule has 3 nitrogen and oxygen atoms in total. The van der Waals surface area contributed by atoms with Crippen LogP contribution in [0.25, 0.3) is 5.65 Å². The maximum atomic E-state index is 4.26. The quantitative estimate of drug-likeness (QED) is 0.764. The first-order valence-electron chi connectivity index (χ1n) is 5.54. The molecule has 0 saturated heterocycles. The highest BCUT2D eigenvalue weighted by Gasteiger charge is 2.01. The first kappa shape index (κ1) is 10.4. The van der Waals surface area contributed by atoms with Gasteiger partial charge in [0.2, 0.25) is 0 Å². The Morgan fingerprint density at radius 2 is 2.24 bits per heavy atom. The van der Waals surface area contributed by atoms with Crippen LogP contribution in [0.5, 0.6) is 0 Å². The molecule has 0 aromatic carbocycles. The van der Waals surface area contributed by atoms with Crippen LogP contribution in [0, 0.1) is 6.92 Å². The monoisotopic (exact) mass is 243 g/mol. The molecular formula is C13H13N3S. The minimum Gasteiger partial charge on any atom is -0.366 e. The van der Waals surface area contributed by atoms with Crippen molar-refractivity contribution in [3.05, 3.63) is 52.5 Å². The smallest absolute Gasteiger partial charge is 0.138 e. The van der Waals surface area contributed by atoms with Crippen LogP contribution in [-0.2, 0) is 6.54 Å². The summed E-state index contributed by atoms with van der Waals surface area (Å²) in [6.07, 6.45) is 3.78. The predicted octanol–water partition coefficient (Wildman–Crippen LogP) is 3.32. The fourth-order valence-corrected chi connectivity index (χ4v) is 2.68. The lowest BCUT2D eigenvalue weighted by atomic mass is 10.4. The predicted molar refractivity (Wildman–Crippen MR) is 71.6 cm³/mol. The summed E-state index contributed by atoms with van der Waals surface area (Å²) in [6, 6.07) is 10.4. The number of hydrogen-bond donors (Lipinski definition) is 1.